The van der Waals surface area contributed by atoms with Crippen molar-refractivity contribution >= 4 is 62.3 Å². The quantitative estimate of drug-likeness (QED) is 0.363. The summed E-state index contributed by atoms with van der Waals surface area (Å²) >= 11 is 18.1. The van der Waals surface area contributed by atoms with Crippen LogP contribution in [0.3, 0.4) is 0 Å². The van der Waals surface area contributed by atoms with Gasteiger partial charge >= 0.3 is 0 Å². The molecule has 0 heterocycles. The van der Waals surface area contributed by atoms with Crippen molar-refractivity contribution in [3.63, 3.8) is 0 Å². The van der Waals surface area contributed by atoms with Crippen molar-refractivity contribution in [1.29, 1.82) is 0 Å². The van der Waals surface area contributed by atoms with Crippen molar-refractivity contribution in [1.82, 2.24) is 10.2 Å². The minimum atomic E-state index is -3.81. The summed E-state index contributed by atoms with van der Waals surface area (Å²) in [5.41, 5.74) is 0.949. The lowest BCUT2D eigenvalue weighted by Gasteiger charge is -2.33. The van der Waals surface area contributed by atoms with E-state index in [1.165, 1.54) is 17.0 Å². The van der Waals surface area contributed by atoms with Crippen LogP contribution >= 0.6 is 34.8 Å². The van der Waals surface area contributed by atoms with E-state index in [9.17, 15) is 18.0 Å². The van der Waals surface area contributed by atoms with E-state index in [1.54, 1.807) is 37.3 Å². The molecule has 2 rings (SSSR count). The predicted molar refractivity (Wildman–Crippen MR) is 143 cm³/mol. The van der Waals surface area contributed by atoms with E-state index >= 15 is 0 Å². The Kier molecular flexibility index (Phi) is 11.1. The molecular formula is C24H30Cl3N3O4S. The molecule has 35 heavy (non-hydrogen) atoms. The number of hydrogen-bond donors (Lipinski definition) is 1. The van der Waals surface area contributed by atoms with Gasteiger partial charge in [0.05, 0.1) is 22.0 Å². The molecule has 1 N–H and O–H groups in total. The number of unbranched alkanes of at least 4 members (excludes halogenated alkanes) is 1. The lowest BCUT2D eigenvalue weighted by Crippen LogP contribution is -2.52. The molecule has 1 atom stereocenters. The van der Waals surface area contributed by atoms with E-state index in [-0.39, 0.29) is 12.5 Å². The monoisotopic (exact) mass is 561 g/mol. The SMILES string of the molecule is CCCCNC(=O)[C@H](CC)N(Cc1ccc(Cl)c(Cl)c1)C(=O)CN(c1ccc(Cl)cc1)S(C)(=O)=O. The van der Waals surface area contributed by atoms with Gasteiger partial charge in [-0.3, -0.25) is 13.9 Å². The first kappa shape index (κ1) is 29.2. The molecule has 0 saturated carbocycles. The van der Waals surface area contributed by atoms with Crippen molar-refractivity contribution < 1.29 is 18.0 Å². The first-order valence-corrected chi connectivity index (χ1v) is 14.2. The van der Waals surface area contributed by atoms with Crippen LogP contribution in [0.1, 0.15) is 38.7 Å². The number of nitrogens with one attached hydrogen (secondary N) is 1. The normalized spacial score (nSPS) is 12.2. The van der Waals surface area contributed by atoms with E-state index < -0.39 is 28.5 Å². The highest BCUT2D eigenvalue weighted by Gasteiger charge is 2.31. The highest BCUT2D eigenvalue weighted by molar-refractivity contribution is 7.92. The maximum absolute atomic E-state index is 13.6. The molecule has 0 radical (unpaired) electrons. The molecule has 2 aromatic carbocycles. The lowest BCUT2D eigenvalue weighted by molar-refractivity contribution is -0.140. The van der Waals surface area contributed by atoms with Gasteiger partial charge in [0.2, 0.25) is 21.8 Å². The topological polar surface area (TPSA) is 86.8 Å². The molecule has 0 spiro atoms. The number of rotatable bonds is 12. The summed E-state index contributed by atoms with van der Waals surface area (Å²) in [4.78, 5) is 28.0. The fourth-order valence-corrected chi connectivity index (χ4v) is 4.78. The number of anilines is 1. The molecule has 11 heteroatoms. The third kappa shape index (κ3) is 8.56. The first-order chi connectivity index (χ1) is 16.5. The van der Waals surface area contributed by atoms with Crippen LogP contribution in [0, 0.1) is 0 Å². The number of carbonyl (C=O) groups excluding carboxylic acids is 2. The maximum atomic E-state index is 13.6. The number of nitrogens with zero attached hydrogens (tertiary/aromatic N) is 2. The van der Waals surface area contributed by atoms with Gasteiger partial charge in [0.15, 0.2) is 0 Å². The zero-order valence-electron chi connectivity index (χ0n) is 19.9. The highest BCUT2D eigenvalue weighted by Crippen LogP contribution is 2.25. The Morgan fingerprint density at radius 2 is 1.66 bits per heavy atom. The smallest absolute Gasteiger partial charge is 0.244 e. The molecule has 2 amide bonds. The first-order valence-electron chi connectivity index (χ1n) is 11.2. The van der Waals surface area contributed by atoms with Crippen molar-refractivity contribution in [3.8, 4) is 0 Å². The second kappa shape index (κ2) is 13.3. The van der Waals surface area contributed by atoms with Crippen molar-refractivity contribution in [2.45, 2.75) is 45.7 Å². The molecule has 0 saturated heterocycles. The van der Waals surface area contributed by atoms with Crippen LogP contribution in [0.4, 0.5) is 5.69 Å². The number of carbonyl (C=O) groups is 2. The third-order valence-corrected chi connectivity index (χ3v) is 7.48. The van der Waals surface area contributed by atoms with Crippen LogP contribution in [-0.2, 0) is 26.2 Å². The van der Waals surface area contributed by atoms with Crippen molar-refractivity contribution in [2.75, 3.05) is 23.7 Å². The van der Waals surface area contributed by atoms with Gasteiger partial charge < -0.3 is 10.2 Å². The molecule has 0 aliphatic heterocycles. The summed E-state index contributed by atoms with van der Waals surface area (Å²) in [5, 5.41) is 3.99. The fraction of sp³-hybridized carbons (Fsp3) is 0.417. The Balaban J connectivity index is 2.41. The standard InChI is InChI=1S/C24H30Cl3N3O4S/c1-4-6-13-28-24(32)22(5-2)29(15-17-7-12-20(26)21(27)14-17)23(31)16-30(35(3,33)34)19-10-8-18(25)9-11-19/h7-12,14,22H,4-6,13,15-16H2,1-3H3,(H,28,32)/t22-/m0/s1. The molecule has 0 bridgehead atoms. The van der Waals surface area contributed by atoms with E-state index in [0.717, 1.165) is 23.4 Å². The molecule has 2 aromatic rings. The van der Waals surface area contributed by atoms with Gasteiger partial charge in [-0.15, -0.1) is 0 Å². The van der Waals surface area contributed by atoms with Gasteiger partial charge in [-0.25, -0.2) is 8.42 Å². The number of sulfonamides is 1. The molecular weight excluding hydrogens is 533 g/mol. The average molecular weight is 563 g/mol. The van der Waals surface area contributed by atoms with E-state index in [1.807, 2.05) is 6.92 Å². The summed E-state index contributed by atoms with van der Waals surface area (Å²) in [6.07, 6.45) is 3.08. The van der Waals surface area contributed by atoms with Gasteiger partial charge in [-0.1, -0.05) is 61.1 Å². The molecule has 0 fully saturated rings. The number of hydrogen-bond acceptors (Lipinski definition) is 4. The third-order valence-electron chi connectivity index (χ3n) is 5.35. The van der Waals surface area contributed by atoms with Gasteiger partial charge in [-0.2, -0.15) is 0 Å². The Morgan fingerprint density at radius 1 is 1.00 bits per heavy atom. The molecule has 0 aliphatic carbocycles. The Hall–Kier alpha value is -2.00. The van der Waals surface area contributed by atoms with Gasteiger partial charge in [-0.05, 0) is 54.8 Å². The summed E-state index contributed by atoms with van der Waals surface area (Å²) < 4.78 is 26.1. The lowest BCUT2D eigenvalue weighted by atomic mass is 10.1. The number of benzene rings is 2. The highest BCUT2D eigenvalue weighted by atomic mass is 35.5. The van der Waals surface area contributed by atoms with Crippen LogP contribution in [0.25, 0.3) is 0 Å². The predicted octanol–water partition coefficient (Wildman–Crippen LogP) is 5.14. The zero-order chi connectivity index (χ0) is 26.2. The summed E-state index contributed by atoms with van der Waals surface area (Å²) in [7, 11) is -3.81. The number of amides is 2. The van der Waals surface area contributed by atoms with Crippen LogP contribution in [0.15, 0.2) is 42.5 Å². The average Bonchev–Trinajstić information content (AvgIpc) is 2.79. The summed E-state index contributed by atoms with van der Waals surface area (Å²) in [6.45, 7) is 3.86. The Morgan fingerprint density at radius 3 is 2.20 bits per heavy atom. The van der Waals surface area contributed by atoms with Crippen molar-refractivity contribution in [3.05, 3.63) is 63.1 Å². The minimum absolute atomic E-state index is 0.0493. The van der Waals surface area contributed by atoms with Crippen LogP contribution in [0.5, 0.6) is 0 Å². The largest absolute Gasteiger partial charge is 0.354 e. The summed E-state index contributed by atoms with van der Waals surface area (Å²) in [5.74, 6) is -0.833. The second-order valence-electron chi connectivity index (χ2n) is 8.08. The van der Waals surface area contributed by atoms with Crippen LogP contribution in [-0.4, -0.2) is 50.5 Å². The molecule has 7 nitrogen and oxygen atoms in total. The Labute approximate surface area is 222 Å². The van der Waals surface area contributed by atoms with Crippen molar-refractivity contribution in [2.24, 2.45) is 0 Å². The van der Waals surface area contributed by atoms with Gasteiger partial charge in [0, 0.05) is 18.1 Å². The maximum Gasteiger partial charge on any atom is 0.244 e. The van der Waals surface area contributed by atoms with Crippen LogP contribution in [0.2, 0.25) is 15.1 Å². The van der Waals surface area contributed by atoms with Gasteiger partial charge in [0.1, 0.15) is 12.6 Å². The fourth-order valence-electron chi connectivity index (χ4n) is 3.48. The van der Waals surface area contributed by atoms with Gasteiger partial charge in [0.25, 0.3) is 0 Å². The molecule has 0 aromatic heterocycles. The minimum Gasteiger partial charge on any atom is -0.354 e. The molecule has 192 valence electrons. The Bertz CT molecular complexity index is 1130. The molecule has 0 unspecified atom stereocenters. The number of halogens is 3. The van der Waals surface area contributed by atoms with E-state index in [0.29, 0.717) is 39.3 Å². The second-order valence-corrected chi connectivity index (χ2v) is 11.2. The van der Waals surface area contributed by atoms with Crippen LogP contribution < -0.4 is 9.62 Å². The van der Waals surface area contributed by atoms with E-state index in [2.05, 4.69) is 5.32 Å². The zero-order valence-corrected chi connectivity index (χ0v) is 23.0. The summed E-state index contributed by atoms with van der Waals surface area (Å²) in [6, 6.07) is 10.3. The molecule has 0 aliphatic rings. The van der Waals surface area contributed by atoms with E-state index in [4.69, 9.17) is 34.8 Å².